The maximum Gasteiger partial charge on any atom is 0.286 e. The molecule has 2 aliphatic heterocycles. The zero-order valence-corrected chi connectivity index (χ0v) is 12.9. The Hall–Kier alpha value is -1.21. The molecule has 0 bridgehead atoms. The van der Waals surface area contributed by atoms with Gasteiger partial charge < -0.3 is 4.90 Å². The Morgan fingerprint density at radius 2 is 2.20 bits per heavy atom. The van der Waals surface area contributed by atoms with Crippen LogP contribution in [0, 0.1) is 0 Å². The molecule has 0 unspecified atom stereocenters. The summed E-state index contributed by atoms with van der Waals surface area (Å²) in [5, 5.41) is 5.06. The van der Waals surface area contributed by atoms with Gasteiger partial charge in [-0.05, 0) is 24.8 Å². The van der Waals surface area contributed by atoms with Crippen LogP contribution in [0.25, 0.3) is 6.08 Å². The molecule has 1 fully saturated rings. The van der Waals surface area contributed by atoms with Crippen LogP contribution in [0.3, 0.4) is 0 Å². The quantitative estimate of drug-likeness (QED) is 0.781. The van der Waals surface area contributed by atoms with Crippen LogP contribution in [-0.4, -0.2) is 50.4 Å². The molecule has 1 aromatic rings. The second-order valence-corrected chi connectivity index (χ2v) is 6.77. The third kappa shape index (κ3) is 2.93. The summed E-state index contributed by atoms with van der Waals surface area (Å²) < 4.78 is 1.85. The number of amides is 1. The number of hydrogen-bond donors (Lipinski definition) is 0. The van der Waals surface area contributed by atoms with Crippen LogP contribution in [0.2, 0.25) is 0 Å². The van der Waals surface area contributed by atoms with Gasteiger partial charge in [-0.15, -0.1) is 0 Å². The molecule has 1 amide bonds. The van der Waals surface area contributed by atoms with E-state index in [2.05, 4.69) is 15.0 Å². The lowest BCUT2D eigenvalue weighted by Crippen LogP contribution is -2.35. The topological polar surface area (TPSA) is 50.5 Å². The zero-order chi connectivity index (χ0) is 13.9. The first kappa shape index (κ1) is 13.8. The second kappa shape index (κ2) is 6.05. The predicted molar refractivity (Wildman–Crippen MR) is 84.8 cm³/mol. The number of carbonyl (C=O) groups excluding carboxylic acids is 1. The standard InChI is InChI=1S/C13H16N4OS2/c1-2-17-9-10(8-14-17)7-11-12(18)15-13(20-11)16-3-5-19-6-4-16/h7-9H,2-6H2,1H3. The smallest absolute Gasteiger partial charge is 0.286 e. The lowest BCUT2D eigenvalue weighted by atomic mass is 10.3. The predicted octanol–water partition coefficient (Wildman–Crippen LogP) is 1.92. The summed E-state index contributed by atoms with van der Waals surface area (Å²) in [6.07, 6.45) is 5.59. The summed E-state index contributed by atoms with van der Waals surface area (Å²) >= 11 is 3.43. The Labute approximate surface area is 126 Å². The molecule has 3 rings (SSSR count). The van der Waals surface area contributed by atoms with E-state index in [0.717, 1.165) is 41.9 Å². The molecule has 1 saturated heterocycles. The van der Waals surface area contributed by atoms with Crippen molar-refractivity contribution < 1.29 is 4.79 Å². The number of aromatic nitrogens is 2. The fourth-order valence-electron chi connectivity index (χ4n) is 2.07. The minimum atomic E-state index is -0.132. The molecule has 1 aromatic heterocycles. The highest BCUT2D eigenvalue weighted by atomic mass is 32.2. The monoisotopic (exact) mass is 308 g/mol. The summed E-state index contributed by atoms with van der Waals surface area (Å²) in [7, 11) is 0. The van der Waals surface area contributed by atoms with Crippen molar-refractivity contribution in [2.24, 2.45) is 4.99 Å². The van der Waals surface area contributed by atoms with E-state index in [4.69, 9.17) is 0 Å². The van der Waals surface area contributed by atoms with E-state index in [1.807, 2.05) is 35.6 Å². The molecular weight excluding hydrogens is 292 g/mol. The van der Waals surface area contributed by atoms with Gasteiger partial charge in [-0.25, -0.2) is 0 Å². The van der Waals surface area contributed by atoms with Crippen LogP contribution in [0.15, 0.2) is 22.3 Å². The molecule has 3 heterocycles. The van der Waals surface area contributed by atoms with E-state index in [1.54, 1.807) is 6.20 Å². The summed E-state index contributed by atoms with van der Waals surface area (Å²) in [5.41, 5.74) is 0.952. The van der Waals surface area contributed by atoms with E-state index in [1.165, 1.54) is 11.8 Å². The summed E-state index contributed by atoms with van der Waals surface area (Å²) in [4.78, 5) is 19.0. The molecule has 0 N–H and O–H groups in total. The average Bonchev–Trinajstić information content (AvgIpc) is 3.08. The van der Waals surface area contributed by atoms with Crippen LogP contribution in [0.4, 0.5) is 0 Å². The largest absolute Gasteiger partial charge is 0.349 e. The molecule has 0 saturated carbocycles. The summed E-state index contributed by atoms with van der Waals surface area (Å²) in [5.74, 6) is 2.08. The highest BCUT2D eigenvalue weighted by Crippen LogP contribution is 2.31. The fourth-order valence-corrected chi connectivity index (χ4v) is 3.93. The Kier molecular flexibility index (Phi) is 4.16. The number of thioether (sulfide) groups is 2. The summed E-state index contributed by atoms with van der Waals surface area (Å²) in [6.45, 7) is 4.82. The van der Waals surface area contributed by atoms with Gasteiger partial charge in [-0.1, -0.05) is 0 Å². The van der Waals surface area contributed by atoms with Gasteiger partial charge in [-0.2, -0.15) is 21.9 Å². The minimum absolute atomic E-state index is 0.132. The molecule has 0 atom stereocenters. The third-order valence-corrected chi connectivity index (χ3v) is 5.15. The van der Waals surface area contributed by atoms with Gasteiger partial charge in [0.15, 0.2) is 5.17 Å². The van der Waals surface area contributed by atoms with Gasteiger partial charge in [0.2, 0.25) is 0 Å². The van der Waals surface area contributed by atoms with Crippen LogP contribution < -0.4 is 0 Å². The Balaban J connectivity index is 1.72. The van der Waals surface area contributed by atoms with E-state index in [0.29, 0.717) is 4.91 Å². The van der Waals surface area contributed by atoms with Gasteiger partial charge in [0.05, 0.1) is 11.1 Å². The van der Waals surface area contributed by atoms with Crippen LogP contribution >= 0.6 is 23.5 Å². The highest BCUT2D eigenvalue weighted by molar-refractivity contribution is 8.18. The molecular formula is C13H16N4OS2. The van der Waals surface area contributed by atoms with Crippen molar-refractivity contribution in [3.05, 3.63) is 22.9 Å². The van der Waals surface area contributed by atoms with Crippen molar-refractivity contribution in [2.75, 3.05) is 24.6 Å². The first-order valence-corrected chi connectivity index (χ1v) is 8.61. The molecule has 20 heavy (non-hydrogen) atoms. The molecule has 0 aliphatic carbocycles. The molecule has 5 nitrogen and oxygen atoms in total. The van der Waals surface area contributed by atoms with E-state index in [9.17, 15) is 4.79 Å². The van der Waals surface area contributed by atoms with E-state index in [-0.39, 0.29) is 5.91 Å². The Morgan fingerprint density at radius 3 is 2.90 bits per heavy atom. The van der Waals surface area contributed by atoms with Gasteiger partial charge in [-0.3, -0.25) is 9.48 Å². The maximum atomic E-state index is 12.0. The van der Waals surface area contributed by atoms with E-state index >= 15 is 0 Å². The number of aryl methyl sites for hydroxylation is 1. The van der Waals surface area contributed by atoms with Crippen LogP contribution in [-0.2, 0) is 11.3 Å². The second-order valence-electron chi connectivity index (χ2n) is 4.54. The Bertz CT molecular complexity index is 573. The van der Waals surface area contributed by atoms with Crippen molar-refractivity contribution >= 4 is 40.7 Å². The number of amidine groups is 1. The number of hydrogen-bond acceptors (Lipinski definition) is 5. The van der Waals surface area contributed by atoms with Crippen molar-refractivity contribution in [1.29, 1.82) is 0 Å². The molecule has 0 radical (unpaired) electrons. The Morgan fingerprint density at radius 1 is 1.40 bits per heavy atom. The van der Waals surface area contributed by atoms with Crippen molar-refractivity contribution in [3.63, 3.8) is 0 Å². The lowest BCUT2D eigenvalue weighted by Gasteiger charge is -2.26. The molecule has 0 spiro atoms. The van der Waals surface area contributed by atoms with Gasteiger partial charge in [0, 0.05) is 42.9 Å². The SMILES string of the molecule is CCn1cc(C=C2SC(N3CCSCC3)=NC2=O)cn1. The first-order chi connectivity index (χ1) is 9.76. The number of aliphatic imine (C=N–C) groups is 1. The van der Waals surface area contributed by atoms with E-state index < -0.39 is 0 Å². The highest BCUT2D eigenvalue weighted by Gasteiger charge is 2.27. The van der Waals surface area contributed by atoms with Gasteiger partial charge in [0.1, 0.15) is 0 Å². The van der Waals surface area contributed by atoms with Gasteiger partial charge in [0.25, 0.3) is 5.91 Å². The van der Waals surface area contributed by atoms with Crippen molar-refractivity contribution in [3.8, 4) is 0 Å². The van der Waals surface area contributed by atoms with Crippen molar-refractivity contribution in [2.45, 2.75) is 13.5 Å². The van der Waals surface area contributed by atoms with Gasteiger partial charge >= 0.3 is 0 Å². The number of rotatable bonds is 2. The average molecular weight is 308 g/mol. The van der Waals surface area contributed by atoms with Crippen LogP contribution in [0.5, 0.6) is 0 Å². The molecule has 7 heteroatoms. The fraction of sp³-hybridized carbons (Fsp3) is 0.462. The molecule has 106 valence electrons. The lowest BCUT2D eigenvalue weighted by molar-refractivity contribution is -0.113. The van der Waals surface area contributed by atoms with Crippen LogP contribution in [0.1, 0.15) is 12.5 Å². The molecule has 2 aliphatic rings. The third-order valence-electron chi connectivity index (χ3n) is 3.17. The maximum absolute atomic E-state index is 12.0. The summed E-state index contributed by atoms with van der Waals surface area (Å²) in [6, 6.07) is 0. The first-order valence-electron chi connectivity index (χ1n) is 6.64. The molecule has 0 aromatic carbocycles. The number of nitrogens with zero attached hydrogens (tertiary/aromatic N) is 4. The number of carbonyl (C=O) groups is 1. The minimum Gasteiger partial charge on any atom is -0.349 e. The normalized spacial score (nSPS) is 21.6. The zero-order valence-electron chi connectivity index (χ0n) is 11.3. The van der Waals surface area contributed by atoms with Crippen molar-refractivity contribution in [1.82, 2.24) is 14.7 Å².